The van der Waals surface area contributed by atoms with E-state index < -0.39 is 0 Å². The lowest BCUT2D eigenvalue weighted by Gasteiger charge is -2.21. The maximum absolute atomic E-state index is 12.9. The summed E-state index contributed by atoms with van der Waals surface area (Å²) in [6, 6.07) is 11.1. The van der Waals surface area contributed by atoms with Crippen molar-refractivity contribution in [1.29, 1.82) is 0 Å². The molecule has 1 N–H and O–H groups in total. The number of halogens is 1. The van der Waals surface area contributed by atoms with Crippen LogP contribution in [-0.4, -0.2) is 39.4 Å². The number of benzene rings is 2. The van der Waals surface area contributed by atoms with Gasteiger partial charge in [-0.25, -0.2) is 9.37 Å². The Labute approximate surface area is 173 Å². The summed E-state index contributed by atoms with van der Waals surface area (Å²) in [5.41, 5.74) is 1.95. The third-order valence-corrected chi connectivity index (χ3v) is 4.83. The van der Waals surface area contributed by atoms with Crippen LogP contribution in [0.3, 0.4) is 0 Å². The molecule has 3 aromatic rings. The highest BCUT2D eigenvalue weighted by Gasteiger charge is 2.17. The first kappa shape index (κ1) is 21.2. The molecule has 1 aromatic heterocycles. The Morgan fingerprint density at radius 1 is 1.17 bits per heavy atom. The van der Waals surface area contributed by atoms with Gasteiger partial charge in [-0.2, -0.15) is 0 Å². The topological polar surface area (TPSA) is 84.3 Å². The van der Waals surface area contributed by atoms with E-state index in [1.54, 1.807) is 31.2 Å². The summed E-state index contributed by atoms with van der Waals surface area (Å²) in [4.78, 5) is 43.2. The molecular weight excluding hydrogens is 387 g/mol. The molecule has 8 heteroatoms. The van der Waals surface area contributed by atoms with Gasteiger partial charge in [0.2, 0.25) is 11.8 Å². The molecule has 30 heavy (non-hydrogen) atoms. The van der Waals surface area contributed by atoms with Crippen LogP contribution in [-0.2, 0) is 22.7 Å². The number of amides is 2. The number of hydrogen-bond donors (Lipinski definition) is 1. The number of carbonyl (C=O) groups excluding carboxylic acids is 2. The standard InChI is InChI=1S/C22H23FN4O3/c1-3-26(12-19(28)24-11-16-7-9-17(23)10-8-16)20(29)13-27-14-25-21-15(2)5-4-6-18(21)22(27)30/h4-10,14H,3,11-13H2,1-2H3,(H,24,28). The fraction of sp³-hybridized carbons (Fsp3) is 0.273. The fourth-order valence-electron chi connectivity index (χ4n) is 3.10. The van der Waals surface area contributed by atoms with Gasteiger partial charge >= 0.3 is 0 Å². The lowest BCUT2D eigenvalue weighted by molar-refractivity contribution is -0.136. The minimum atomic E-state index is -0.356. The highest BCUT2D eigenvalue weighted by molar-refractivity contribution is 5.85. The van der Waals surface area contributed by atoms with Crippen molar-refractivity contribution >= 4 is 22.7 Å². The molecule has 0 spiro atoms. The highest BCUT2D eigenvalue weighted by atomic mass is 19.1. The summed E-state index contributed by atoms with van der Waals surface area (Å²) in [5, 5.41) is 3.16. The van der Waals surface area contributed by atoms with Gasteiger partial charge in [-0.3, -0.25) is 19.0 Å². The molecule has 2 aromatic carbocycles. The normalized spacial score (nSPS) is 10.8. The third kappa shape index (κ3) is 4.89. The van der Waals surface area contributed by atoms with Crippen LogP contribution < -0.4 is 10.9 Å². The van der Waals surface area contributed by atoms with Crippen molar-refractivity contribution in [3.63, 3.8) is 0 Å². The zero-order valence-electron chi connectivity index (χ0n) is 16.9. The number of carbonyl (C=O) groups is 2. The first-order valence-corrected chi connectivity index (χ1v) is 9.62. The van der Waals surface area contributed by atoms with Crippen LogP contribution in [0, 0.1) is 12.7 Å². The summed E-state index contributed by atoms with van der Waals surface area (Å²) in [5.74, 6) is -1.04. The Hall–Kier alpha value is -3.55. The van der Waals surface area contributed by atoms with Crippen molar-refractivity contribution < 1.29 is 14.0 Å². The maximum atomic E-state index is 12.9. The molecule has 0 aliphatic carbocycles. The van der Waals surface area contributed by atoms with Crippen LogP contribution in [0.1, 0.15) is 18.1 Å². The van der Waals surface area contributed by atoms with E-state index in [0.29, 0.717) is 17.4 Å². The molecule has 0 aliphatic rings. The predicted molar refractivity (Wildman–Crippen MR) is 111 cm³/mol. The number of rotatable bonds is 7. The molecule has 0 bridgehead atoms. The second-order valence-electron chi connectivity index (χ2n) is 6.96. The molecule has 7 nitrogen and oxygen atoms in total. The van der Waals surface area contributed by atoms with Crippen LogP contribution in [0.2, 0.25) is 0 Å². The SMILES string of the molecule is CCN(CC(=O)NCc1ccc(F)cc1)C(=O)Cn1cnc2c(C)cccc2c1=O. The van der Waals surface area contributed by atoms with E-state index in [0.717, 1.165) is 11.1 Å². The molecule has 0 saturated heterocycles. The van der Waals surface area contributed by atoms with Crippen LogP contribution in [0.25, 0.3) is 10.9 Å². The second-order valence-corrected chi connectivity index (χ2v) is 6.96. The van der Waals surface area contributed by atoms with Gasteiger partial charge in [0.15, 0.2) is 0 Å². The van der Waals surface area contributed by atoms with E-state index in [9.17, 15) is 18.8 Å². The number of nitrogens with zero attached hydrogens (tertiary/aromatic N) is 3. The summed E-state index contributed by atoms with van der Waals surface area (Å²) < 4.78 is 14.2. The van der Waals surface area contributed by atoms with Gasteiger partial charge in [-0.05, 0) is 43.2 Å². The number of nitrogens with one attached hydrogen (secondary N) is 1. The second kappa shape index (κ2) is 9.30. The van der Waals surface area contributed by atoms with Gasteiger partial charge in [0.1, 0.15) is 12.4 Å². The molecule has 0 fully saturated rings. The monoisotopic (exact) mass is 410 g/mol. The lowest BCUT2D eigenvalue weighted by Crippen LogP contribution is -2.42. The third-order valence-electron chi connectivity index (χ3n) is 4.83. The highest BCUT2D eigenvalue weighted by Crippen LogP contribution is 2.11. The van der Waals surface area contributed by atoms with E-state index in [4.69, 9.17) is 0 Å². The quantitative estimate of drug-likeness (QED) is 0.646. The summed E-state index contributed by atoms with van der Waals surface area (Å²) in [6.07, 6.45) is 1.36. The van der Waals surface area contributed by atoms with Gasteiger partial charge < -0.3 is 10.2 Å². The smallest absolute Gasteiger partial charge is 0.261 e. The number of aryl methyl sites for hydroxylation is 1. The van der Waals surface area contributed by atoms with Gasteiger partial charge in [0.25, 0.3) is 5.56 Å². The number of fused-ring (bicyclic) bond motifs is 1. The van der Waals surface area contributed by atoms with Crippen LogP contribution in [0.15, 0.2) is 53.6 Å². The average Bonchev–Trinajstić information content (AvgIpc) is 2.74. The maximum Gasteiger partial charge on any atom is 0.261 e. The van der Waals surface area contributed by atoms with E-state index in [1.807, 2.05) is 13.0 Å². The van der Waals surface area contributed by atoms with Crippen molar-refractivity contribution in [2.75, 3.05) is 13.1 Å². The molecule has 2 amide bonds. The van der Waals surface area contributed by atoms with Gasteiger partial charge in [0, 0.05) is 13.1 Å². The summed E-state index contributed by atoms with van der Waals surface area (Å²) in [7, 11) is 0. The van der Waals surface area contributed by atoms with Crippen LogP contribution >= 0.6 is 0 Å². The Kier molecular flexibility index (Phi) is 6.56. The molecule has 0 radical (unpaired) electrons. The van der Waals surface area contributed by atoms with Crippen molar-refractivity contribution in [3.05, 3.63) is 76.1 Å². The minimum Gasteiger partial charge on any atom is -0.350 e. The van der Waals surface area contributed by atoms with Crippen molar-refractivity contribution in [3.8, 4) is 0 Å². The molecule has 0 saturated carbocycles. The van der Waals surface area contributed by atoms with E-state index in [-0.39, 0.29) is 42.8 Å². The van der Waals surface area contributed by atoms with Crippen LogP contribution in [0.4, 0.5) is 4.39 Å². The molecule has 0 atom stereocenters. The summed E-state index contributed by atoms with van der Waals surface area (Å²) in [6.45, 7) is 3.85. The Balaban J connectivity index is 1.64. The van der Waals surface area contributed by atoms with Gasteiger partial charge in [0.05, 0.1) is 23.8 Å². The number of likely N-dealkylation sites (N-methyl/N-ethyl adjacent to an activating group) is 1. The Morgan fingerprint density at radius 3 is 2.60 bits per heavy atom. The fourth-order valence-corrected chi connectivity index (χ4v) is 3.10. The first-order chi connectivity index (χ1) is 14.4. The largest absolute Gasteiger partial charge is 0.350 e. The molecule has 1 heterocycles. The molecule has 0 unspecified atom stereocenters. The lowest BCUT2D eigenvalue weighted by atomic mass is 10.1. The number of aromatic nitrogens is 2. The molecular formula is C22H23FN4O3. The molecule has 156 valence electrons. The average molecular weight is 410 g/mol. The van der Waals surface area contributed by atoms with Crippen molar-refractivity contribution in [2.24, 2.45) is 0 Å². The predicted octanol–water partition coefficient (Wildman–Crippen LogP) is 2.01. The number of hydrogen-bond acceptors (Lipinski definition) is 4. The Bertz CT molecular complexity index is 1130. The van der Waals surface area contributed by atoms with Gasteiger partial charge in [-0.15, -0.1) is 0 Å². The zero-order chi connectivity index (χ0) is 21.7. The van der Waals surface area contributed by atoms with E-state index in [2.05, 4.69) is 10.3 Å². The zero-order valence-corrected chi connectivity index (χ0v) is 16.9. The van der Waals surface area contributed by atoms with Crippen molar-refractivity contribution in [1.82, 2.24) is 19.8 Å². The van der Waals surface area contributed by atoms with Gasteiger partial charge in [-0.1, -0.05) is 24.3 Å². The number of para-hydroxylation sites is 1. The molecule has 0 aliphatic heterocycles. The van der Waals surface area contributed by atoms with E-state index in [1.165, 1.54) is 27.9 Å². The minimum absolute atomic E-state index is 0.134. The first-order valence-electron chi connectivity index (χ1n) is 9.62. The summed E-state index contributed by atoms with van der Waals surface area (Å²) >= 11 is 0. The van der Waals surface area contributed by atoms with Crippen LogP contribution in [0.5, 0.6) is 0 Å². The van der Waals surface area contributed by atoms with Crippen molar-refractivity contribution in [2.45, 2.75) is 26.9 Å². The van der Waals surface area contributed by atoms with E-state index >= 15 is 0 Å². The Morgan fingerprint density at radius 2 is 1.90 bits per heavy atom. The molecule has 3 rings (SSSR count).